The summed E-state index contributed by atoms with van der Waals surface area (Å²) in [6.07, 6.45) is 2.38. The first-order valence-electron chi connectivity index (χ1n) is 8.47. The highest BCUT2D eigenvalue weighted by molar-refractivity contribution is 14.0. The van der Waals surface area contributed by atoms with Gasteiger partial charge in [0.25, 0.3) is 0 Å². The average molecular weight is 450 g/mol. The van der Waals surface area contributed by atoms with E-state index in [4.69, 9.17) is 4.99 Å². The monoisotopic (exact) mass is 450 g/mol. The van der Waals surface area contributed by atoms with Crippen LogP contribution in [-0.4, -0.2) is 62.1 Å². The normalized spacial score (nSPS) is 18.7. The lowest BCUT2D eigenvalue weighted by atomic mass is 10.1. The molecule has 1 fully saturated rings. The molecule has 0 radical (unpaired) electrons. The summed E-state index contributed by atoms with van der Waals surface area (Å²) < 4.78 is 0. The fraction of sp³-hybridized carbons (Fsp3) is 0.706. The Morgan fingerprint density at radius 2 is 2.30 bits per heavy atom. The van der Waals surface area contributed by atoms with Gasteiger partial charge in [-0.2, -0.15) is 0 Å². The summed E-state index contributed by atoms with van der Waals surface area (Å²) in [5.74, 6) is 1.77. The predicted octanol–water partition coefficient (Wildman–Crippen LogP) is 3.15. The van der Waals surface area contributed by atoms with Crippen LogP contribution in [0.3, 0.4) is 0 Å². The molecule has 0 amide bonds. The largest absolute Gasteiger partial charge is 0.357 e. The van der Waals surface area contributed by atoms with Gasteiger partial charge in [0.15, 0.2) is 5.96 Å². The first kappa shape index (κ1) is 20.7. The number of guanidine groups is 1. The molecule has 0 spiro atoms. The van der Waals surface area contributed by atoms with Gasteiger partial charge in [0.05, 0.1) is 0 Å². The molecule has 2 rings (SSSR count). The minimum atomic E-state index is 0. The lowest BCUT2D eigenvalue weighted by molar-refractivity contribution is 0.343. The van der Waals surface area contributed by atoms with Crippen molar-refractivity contribution in [3.8, 4) is 0 Å². The Kier molecular flexibility index (Phi) is 10.1. The lowest BCUT2D eigenvalue weighted by Crippen LogP contribution is -2.40. The SMILES string of the molecule is CCNC(=NCC1CCN(CC)C1)N(C)CCc1cccs1.I. The molecule has 1 aromatic rings. The number of nitrogens with one attached hydrogen (secondary N) is 1. The molecule has 1 unspecified atom stereocenters. The molecule has 4 nitrogen and oxygen atoms in total. The van der Waals surface area contributed by atoms with Crippen LogP contribution >= 0.6 is 35.3 Å². The number of rotatable bonds is 7. The van der Waals surface area contributed by atoms with Crippen molar-refractivity contribution in [1.29, 1.82) is 0 Å². The van der Waals surface area contributed by atoms with Crippen molar-refractivity contribution in [3.63, 3.8) is 0 Å². The summed E-state index contributed by atoms with van der Waals surface area (Å²) in [5.41, 5.74) is 0. The minimum absolute atomic E-state index is 0. The van der Waals surface area contributed by atoms with Crippen molar-refractivity contribution in [2.45, 2.75) is 26.7 Å². The molecule has 0 bridgehead atoms. The highest BCUT2D eigenvalue weighted by Gasteiger charge is 2.21. The van der Waals surface area contributed by atoms with Crippen LogP contribution in [-0.2, 0) is 6.42 Å². The number of halogens is 1. The van der Waals surface area contributed by atoms with Crippen molar-refractivity contribution >= 4 is 41.3 Å². The molecule has 0 aliphatic carbocycles. The number of likely N-dealkylation sites (tertiary alicyclic amines) is 1. The lowest BCUT2D eigenvalue weighted by Gasteiger charge is -2.22. The maximum atomic E-state index is 4.87. The van der Waals surface area contributed by atoms with E-state index in [1.807, 2.05) is 11.3 Å². The van der Waals surface area contributed by atoms with E-state index in [9.17, 15) is 0 Å². The van der Waals surface area contributed by atoms with Crippen LogP contribution in [0.1, 0.15) is 25.1 Å². The van der Waals surface area contributed by atoms with Gasteiger partial charge >= 0.3 is 0 Å². The van der Waals surface area contributed by atoms with Crippen LogP contribution in [0.4, 0.5) is 0 Å². The van der Waals surface area contributed by atoms with Crippen molar-refractivity contribution in [1.82, 2.24) is 15.1 Å². The van der Waals surface area contributed by atoms with Gasteiger partial charge in [-0.1, -0.05) is 13.0 Å². The van der Waals surface area contributed by atoms with Crippen molar-refractivity contribution in [3.05, 3.63) is 22.4 Å². The molecule has 0 saturated carbocycles. The van der Waals surface area contributed by atoms with Crippen molar-refractivity contribution < 1.29 is 0 Å². The van der Waals surface area contributed by atoms with Gasteiger partial charge in [-0.05, 0) is 50.2 Å². The maximum Gasteiger partial charge on any atom is 0.193 e. The van der Waals surface area contributed by atoms with Gasteiger partial charge in [0.1, 0.15) is 0 Å². The van der Waals surface area contributed by atoms with E-state index in [2.05, 4.69) is 53.5 Å². The zero-order valence-corrected chi connectivity index (χ0v) is 17.8. The topological polar surface area (TPSA) is 30.9 Å². The quantitative estimate of drug-likeness (QED) is 0.394. The Hall–Kier alpha value is -0.340. The number of hydrogen-bond donors (Lipinski definition) is 1. The molecular weight excluding hydrogens is 419 g/mol. The van der Waals surface area contributed by atoms with E-state index in [0.717, 1.165) is 37.9 Å². The summed E-state index contributed by atoms with van der Waals surface area (Å²) in [4.78, 5) is 11.1. The molecule has 1 aliphatic heterocycles. The Labute approximate surface area is 162 Å². The van der Waals surface area contributed by atoms with Gasteiger partial charge in [0.2, 0.25) is 0 Å². The molecule has 6 heteroatoms. The van der Waals surface area contributed by atoms with Crippen LogP contribution in [0.5, 0.6) is 0 Å². The molecule has 1 aliphatic rings. The third-order valence-corrected chi connectivity index (χ3v) is 5.22. The first-order chi connectivity index (χ1) is 10.7. The molecule has 0 aromatic carbocycles. The zero-order chi connectivity index (χ0) is 15.8. The molecule has 1 N–H and O–H groups in total. The maximum absolute atomic E-state index is 4.87. The minimum Gasteiger partial charge on any atom is -0.357 e. The molecule has 2 heterocycles. The van der Waals surface area contributed by atoms with E-state index in [0.29, 0.717) is 0 Å². The summed E-state index contributed by atoms with van der Waals surface area (Å²) in [5, 5.41) is 5.57. The predicted molar refractivity (Wildman–Crippen MR) is 112 cm³/mol. The smallest absolute Gasteiger partial charge is 0.193 e. The van der Waals surface area contributed by atoms with E-state index >= 15 is 0 Å². The van der Waals surface area contributed by atoms with Gasteiger partial charge in [0, 0.05) is 38.1 Å². The van der Waals surface area contributed by atoms with Crippen molar-refractivity contribution in [2.75, 3.05) is 46.3 Å². The summed E-state index contributed by atoms with van der Waals surface area (Å²) >= 11 is 1.83. The average Bonchev–Trinajstić information content (AvgIpc) is 3.20. The number of nitrogens with zero attached hydrogens (tertiary/aromatic N) is 3. The molecule has 1 saturated heterocycles. The van der Waals surface area contributed by atoms with Crippen LogP contribution in [0, 0.1) is 5.92 Å². The van der Waals surface area contributed by atoms with E-state index in [-0.39, 0.29) is 24.0 Å². The third-order valence-electron chi connectivity index (χ3n) is 4.29. The highest BCUT2D eigenvalue weighted by Crippen LogP contribution is 2.16. The van der Waals surface area contributed by atoms with Gasteiger partial charge < -0.3 is 15.1 Å². The molecule has 1 aromatic heterocycles. The fourth-order valence-corrected chi connectivity index (χ4v) is 3.57. The Morgan fingerprint density at radius 3 is 2.91 bits per heavy atom. The Morgan fingerprint density at radius 1 is 1.48 bits per heavy atom. The van der Waals surface area contributed by atoms with Crippen LogP contribution in [0.25, 0.3) is 0 Å². The number of thiophene rings is 1. The first-order valence-corrected chi connectivity index (χ1v) is 9.35. The Balaban J connectivity index is 0.00000264. The van der Waals surface area contributed by atoms with Gasteiger partial charge in [-0.15, -0.1) is 35.3 Å². The summed E-state index contributed by atoms with van der Waals surface area (Å²) in [7, 11) is 2.14. The number of hydrogen-bond acceptors (Lipinski definition) is 3. The Bertz CT molecular complexity index is 449. The van der Waals surface area contributed by atoms with E-state index < -0.39 is 0 Å². The fourth-order valence-electron chi connectivity index (χ4n) is 2.87. The van der Waals surface area contributed by atoms with Crippen LogP contribution in [0.2, 0.25) is 0 Å². The second-order valence-corrected chi connectivity index (χ2v) is 7.03. The standard InChI is InChI=1S/C17H30N4S.HI/c1-4-18-17(19-13-15-8-11-21(5-2)14-15)20(3)10-9-16-7-6-12-22-16;/h6-7,12,15H,4-5,8-11,13-14H2,1-3H3,(H,18,19);1H. The summed E-state index contributed by atoms with van der Waals surface area (Å²) in [6, 6.07) is 4.33. The van der Waals surface area contributed by atoms with Gasteiger partial charge in [-0.25, -0.2) is 0 Å². The summed E-state index contributed by atoms with van der Waals surface area (Å²) in [6.45, 7) is 10.9. The second kappa shape index (κ2) is 11.3. The number of aliphatic imine (C=N–C) groups is 1. The van der Waals surface area contributed by atoms with Gasteiger partial charge in [-0.3, -0.25) is 4.99 Å². The molecule has 1 atom stereocenters. The second-order valence-electron chi connectivity index (χ2n) is 5.99. The molecule has 23 heavy (non-hydrogen) atoms. The third kappa shape index (κ3) is 6.97. The molecule has 132 valence electrons. The van der Waals surface area contributed by atoms with Crippen molar-refractivity contribution in [2.24, 2.45) is 10.9 Å². The van der Waals surface area contributed by atoms with E-state index in [1.54, 1.807) is 0 Å². The zero-order valence-electron chi connectivity index (χ0n) is 14.6. The number of likely N-dealkylation sites (N-methyl/N-ethyl adjacent to an activating group) is 1. The van der Waals surface area contributed by atoms with Crippen LogP contribution < -0.4 is 5.32 Å². The molecular formula is C17H31IN4S. The van der Waals surface area contributed by atoms with Crippen LogP contribution in [0.15, 0.2) is 22.5 Å². The highest BCUT2D eigenvalue weighted by atomic mass is 127. The van der Waals surface area contributed by atoms with E-state index in [1.165, 1.54) is 30.9 Å².